The summed E-state index contributed by atoms with van der Waals surface area (Å²) in [7, 11) is 2.22. The molecule has 4 nitrogen and oxygen atoms in total. The van der Waals surface area contributed by atoms with Crippen LogP contribution in [0.1, 0.15) is 42.5 Å². The van der Waals surface area contributed by atoms with E-state index >= 15 is 0 Å². The molecule has 5 rings (SSSR count). The highest BCUT2D eigenvalue weighted by Gasteiger charge is 2.64. The maximum absolute atomic E-state index is 11.0. The Balaban J connectivity index is 1.87. The van der Waals surface area contributed by atoms with Crippen molar-refractivity contribution in [2.45, 2.75) is 63.2 Å². The minimum atomic E-state index is -0.604. The number of aliphatic hydroxyl groups excluding tert-OH is 1. The molecule has 1 spiro atoms. The molecule has 0 saturated carbocycles. The molecule has 0 amide bonds. The Kier molecular flexibility index (Phi) is 3.15. The fraction of sp³-hybridized carbons (Fsp3) is 0.619. The summed E-state index contributed by atoms with van der Waals surface area (Å²) in [4.78, 5) is 2.48. The van der Waals surface area contributed by atoms with Crippen LogP contribution in [0.25, 0.3) is 0 Å². The average molecular weight is 341 g/mol. The highest BCUT2D eigenvalue weighted by Crippen LogP contribution is 2.63. The van der Waals surface area contributed by atoms with E-state index in [0.717, 1.165) is 37.8 Å². The van der Waals surface area contributed by atoms with Gasteiger partial charge in [0, 0.05) is 28.5 Å². The number of benzene rings is 1. The first-order valence-electron chi connectivity index (χ1n) is 9.67. The standard InChI is InChI=1S/C21H27NO3/c1-4-11-12(5-2)18(24)19-17-13(11)10-15-14-6-7-16(23)20(25-19)21(14,17)8-9-22(15)3/h6-7,14-16,20,23-24H,4-5,8-10H2,1-3H3/t14-,15-,16-,20-,21-/m0/s1. The van der Waals surface area contributed by atoms with Crippen LogP contribution in [0.3, 0.4) is 0 Å². The Labute approximate surface area is 149 Å². The molecule has 2 aliphatic heterocycles. The maximum Gasteiger partial charge on any atom is 0.166 e. The molecule has 2 heterocycles. The van der Waals surface area contributed by atoms with Crippen LogP contribution < -0.4 is 4.74 Å². The quantitative estimate of drug-likeness (QED) is 0.811. The summed E-state index contributed by atoms with van der Waals surface area (Å²) in [5.74, 6) is 1.35. The van der Waals surface area contributed by atoms with Crippen molar-refractivity contribution in [1.29, 1.82) is 0 Å². The Morgan fingerprint density at radius 2 is 2.00 bits per heavy atom. The third-order valence-electron chi connectivity index (χ3n) is 7.38. The number of hydrogen-bond donors (Lipinski definition) is 2. The highest BCUT2D eigenvalue weighted by atomic mass is 16.5. The van der Waals surface area contributed by atoms with Gasteiger partial charge in [0.15, 0.2) is 11.5 Å². The molecule has 1 aromatic rings. The first kappa shape index (κ1) is 15.7. The van der Waals surface area contributed by atoms with Gasteiger partial charge in [-0.3, -0.25) is 0 Å². The molecule has 2 aliphatic carbocycles. The zero-order chi connectivity index (χ0) is 17.5. The maximum atomic E-state index is 11.0. The van der Waals surface area contributed by atoms with E-state index in [1.54, 1.807) is 0 Å². The summed E-state index contributed by atoms with van der Waals surface area (Å²) in [6.45, 7) is 5.30. The van der Waals surface area contributed by atoms with Crippen molar-refractivity contribution in [1.82, 2.24) is 4.90 Å². The number of aromatic hydroxyl groups is 1. The number of phenols is 1. The number of hydrogen-bond acceptors (Lipinski definition) is 4. The van der Waals surface area contributed by atoms with Gasteiger partial charge in [0.2, 0.25) is 0 Å². The number of phenolic OH excluding ortho intramolecular Hbond substituents is 1. The topological polar surface area (TPSA) is 52.9 Å². The molecule has 0 aromatic heterocycles. The van der Waals surface area contributed by atoms with Crippen molar-refractivity contribution in [2.75, 3.05) is 13.6 Å². The summed E-state index contributed by atoms with van der Waals surface area (Å²) in [5.41, 5.74) is 4.78. The van der Waals surface area contributed by atoms with Gasteiger partial charge in [-0.1, -0.05) is 26.0 Å². The fourth-order valence-corrected chi connectivity index (χ4v) is 6.32. The molecule has 1 fully saturated rings. The number of likely N-dealkylation sites (tertiary alicyclic amines) is 1. The number of piperidine rings is 1. The number of rotatable bonds is 2. The van der Waals surface area contributed by atoms with E-state index in [1.165, 1.54) is 16.7 Å². The molecule has 25 heavy (non-hydrogen) atoms. The third kappa shape index (κ3) is 1.65. The highest BCUT2D eigenvalue weighted by molar-refractivity contribution is 5.67. The predicted octanol–water partition coefficient (Wildman–Crippen LogP) is 2.32. The van der Waals surface area contributed by atoms with Crippen molar-refractivity contribution < 1.29 is 14.9 Å². The molecule has 1 aromatic carbocycles. The number of aliphatic hydroxyl groups is 1. The molecule has 5 atom stereocenters. The lowest BCUT2D eigenvalue weighted by Crippen LogP contribution is -2.64. The summed E-state index contributed by atoms with van der Waals surface area (Å²) < 4.78 is 6.33. The lowest BCUT2D eigenvalue weighted by Gasteiger charge is -2.56. The minimum Gasteiger partial charge on any atom is -0.504 e. The molecule has 2 bridgehead atoms. The van der Waals surface area contributed by atoms with E-state index in [-0.39, 0.29) is 11.5 Å². The van der Waals surface area contributed by atoms with E-state index in [1.807, 2.05) is 6.08 Å². The van der Waals surface area contributed by atoms with Gasteiger partial charge < -0.3 is 19.8 Å². The summed E-state index contributed by atoms with van der Waals surface area (Å²) in [6, 6.07) is 0.446. The van der Waals surface area contributed by atoms with Gasteiger partial charge in [-0.05, 0) is 50.4 Å². The molecule has 134 valence electrons. The van der Waals surface area contributed by atoms with E-state index in [9.17, 15) is 10.2 Å². The van der Waals surface area contributed by atoms with Crippen molar-refractivity contribution in [3.05, 3.63) is 34.4 Å². The Hall–Kier alpha value is -1.52. The molecule has 0 unspecified atom stereocenters. The second-order valence-corrected chi connectivity index (χ2v) is 8.18. The Morgan fingerprint density at radius 1 is 1.24 bits per heavy atom. The van der Waals surface area contributed by atoms with E-state index < -0.39 is 6.10 Å². The number of ether oxygens (including phenoxy) is 1. The zero-order valence-corrected chi connectivity index (χ0v) is 15.2. The first-order valence-corrected chi connectivity index (χ1v) is 9.67. The van der Waals surface area contributed by atoms with E-state index in [2.05, 4.69) is 31.9 Å². The van der Waals surface area contributed by atoms with Crippen LogP contribution in [0.4, 0.5) is 0 Å². The smallest absolute Gasteiger partial charge is 0.166 e. The monoisotopic (exact) mass is 341 g/mol. The lowest BCUT2D eigenvalue weighted by atomic mass is 9.52. The Bertz CT molecular complexity index is 786. The second-order valence-electron chi connectivity index (χ2n) is 8.18. The van der Waals surface area contributed by atoms with Crippen molar-refractivity contribution in [3.63, 3.8) is 0 Å². The van der Waals surface area contributed by atoms with Gasteiger partial charge in [0.1, 0.15) is 12.2 Å². The number of likely N-dealkylation sites (N-methyl/N-ethyl adjacent to an activating group) is 1. The lowest BCUT2D eigenvalue weighted by molar-refractivity contribution is -0.0454. The fourth-order valence-electron chi connectivity index (χ4n) is 6.32. The molecular weight excluding hydrogens is 314 g/mol. The van der Waals surface area contributed by atoms with Gasteiger partial charge in [-0.25, -0.2) is 0 Å². The largest absolute Gasteiger partial charge is 0.504 e. The molecular formula is C21H27NO3. The van der Waals surface area contributed by atoms with Crippen LogP contribution in [-0.4, -0.2) is 47.0 Å². The van der Waals surface area contributed by atoms with Gasteiger partial charge in [0.25, 0.3) is 0 Å². The minimum absolute atomic E-state index is 0.179. The normalized spacial score (nSPS) is 37.8. The molecule has 1 saturated heterocycles. The van der Waals surface area contributed by atoms with Crippen LogP contribution in [0.5, 0.6) is 11.5 Å². The molecule has 2 N–H and O–H groups in total. The second kappa shape index (κ2) is 5.01. The molecule has 0 radical (unpaired) electrons. The SMILES string of the molecule is CCc1c(O)c2c3c(c1CC)C[C@H]1[C@@H]4C=C[C@H](O)[C@H](O2)[C@]34CCN1C. The van der Waals surface area contributed by atoms with Crippen LogP contribution in [-0.2, 0) is 24.7 Å². The summed E-state index contributed by atoms with van der Waals surface area (Å²) in [6.07, 6.45) is 6.99. The molecule has 4 aliphatic rings. The average Bonchev–Trinajstić information content (AvgIpc) is 2.96. The number of nitrogens with zero attached hydrogens (tertiary/aromatic N) is 1. The zero-order valence-electron chi connectivity index (χ0n) is 15.2. The molecule has 4 heteroatoms. The third-order valence-corrected chi connectivity index (χ3v) is 7.38. The van der Waals surface area contributed by atoms with Crippen LogP contribution in [0, 0.1) is 5.92 Å². The van der Waals surface area contributed by atoms with Crippen molar-refractivity contribution in [2.24, 2.45) is 5.92 Å². The van der Waals surface area contributed by atoms with Crippen LogP contribution in [0.2, 0.25) is 0 Å². The van der Waals surface area contributed by atoms with Crippen LogP contribution >= 0.6 is 0 Å². The van der Waals surface area contributed by atoms with Gasteiger partial charge in [0.05, 0.1) is 0 Å². The van der Waals surface area contributed by atoms with Gasteiger partial charge in [-0.2, -0.15) is 0 Å². The summed E-state index contributed by atoms with van der Waals surface area (Å²) >= 11 is 0. The van der Waals surface area contributed by atoms with Crippen molar-refractivity contribution >= 4 is 0 Å². The van der Waals surface area contributed by atoms with E-state index in [0.29, 0.717) is 23.5 Å². The Morgan fingerprint density at radius 3 is 2.72 bits per heavy atom. The first-order chi connectivity index (χ1) is 12.0. The van der Waals surface area contributed by atoms with E-state index in [4.69, 9.17) is 4.74 Å². The van der Waals surface area contributed by atoms with Gasteiger partial charge >= 0.3 is 0 Å². The van der Waals surface area contributed by atoms with Crippen LogP contribution in [0.15, 0.2) is 12.2 Å². The van der Waals surface area contributed by atoms with Gasteiger partial charge in [-0.15, -0.1) is 0 Å². The predicted molar refractivity (Wildman–Crippen MR) is 96.3 cm³/mol. The summed E-state index contributed by atoms with van der Waals surface area (Å²) in [5, 5.41) is 21.7. The van der Waals surface area contributed by atoms with Crippen molar-refractivity contribution in [3.8, 4) is 11.5 Å².